The number of ether oxygens (including phenoxy) is 1. The van der Waals surface area contributed by atoms with Crippen LogP contribution in [0.15, 0.2) is 65.2 Å². The van der Waals surface area contributed by atoms with Crippen molar-refractivity contribution in [3.8, 4) is 0 Å². The van der Waals surface area contributed by atoms with Crippen LogP contribution in [-0.2, 0) is 36.2 Å². The van der Waals surface area contributed by atoms with Gasteiger partial charge in [-0.1, -0.05) is 69.4 Å². The molecule has 0 aromatic heterocycles. The molecule has 1 saturated heterocycles. The molecule has 0 N–H and O–H groups in total. The number of likely N-dealkylation sites (tertiary alicyclic amines) is 1. The van der Waals surface area contributed by atoms with E-state index in [4.69, 9.17) is 8.92 Å². The van der Waals surface area contributed by atoms with Gasteiger partial charge in [0.2, 0.25) is 0 Å². The zero-order valence-electron chi connectivity index (χ0n) is 19.6. The van der Waals surface area contributed by atoms with E-state index in [0.717, 1.165) is 14.3 Å². The number of esters is 1. The van der Waals surface area contributed by atoms with Crippen LogP contribution in [0.1, 0.15) is 33.2 Å². The largest absolute Gasteiger partial charge is 0.463 e. The molecular formula is C25H22BrIN2O7S. The van der Waals surface area contributed by atoms with Gasteiger partial charge in [-0.05, 0) is 42.3 Å². The third-order valence-corrected chi connectivity index (χ3v) is 8.10. The number of imide groups is 1. The van der Waals surface area contributed by atoms with Gasteiger partial charge in [-0.25, -0.2) is 9.00 Å². The Morgan fingerprint density at radius 2 is 1.70 bits per heavy atom. The first kappa shape index (κ1) is 27.6. The zero-order valence-corrected chi connectivity index (χ0v) is 24.2. The highest BCUT2D eigenvalue weighted by Gasteiger charge is 2.62. The van der Waals surface area contributed by atoms with Crippen LogP contribution in [0.5, 0.6) is 0 Å². The molecule has 2 aromatic carbocycles. The fourth-order valence-corrected chi connectivity index (χ4v) is 5.92. The van der Waals surface area contributed by atoms with Crippen molar-refractivity contribution in [3.63, 3.8) is 0 Å². The Hall–Kier alpha value is -2.42. The molecule has 12 heteroatoms. The molecule has 4 rings (SSSR count). The van der Waals surface area contributed by atoms with Gasteiger partial charge in [-0.15, -0.1) is 0 Å². The van der Waals surface area contributed by atoms with Crippen LogP contribution in [0.2, 0.25) is 0 Å². The second-order valence-electron chi connectivity index (χ2n) is 8.36. The molecule has 37 heavy (non-hydrogen) atoms. The van der Waals surface area contributed by atoms with Crippen LogP contribution in [0, 0.1) is 0 Å². The maximum absolute atomic E-state index is 13.5. The highest BCUT2D eigenvalue weighted by Crippen LogP contribution is 2.37. The number of rotatable bonds is 10. The number of nitrogens with zero attached hydrogens (tertiary/aromatic N) is 2. The lowest BCUT2D eigenvalue weighted by molar-refractivity contribution is -0.164. The van der Waals surface area contributed by atoms with Gasteiger partial charge in [0.15, 0.2) is 28.5 Å². The smallest absolute Gasteiger partial charge is 0.333 e. The molecule has 2 aliphatic heterocycles. The number of alkyl halides is 1. The van der Waals surface area contributed by atoms with E-state index in [1.807, 2.05) is 22.6 Å². The van der Waals surface area contributed by atoms with Crippen LogP contribution in [0.4, 0.5) is 0 Å². The highest BCUT2D eigenvalue weighted by atomic mass is 127. The Bertz CT molecular complexity index is 1270. The molecule has 0 radical (unpaired) electrons. The van der Waals surface area contributed by atoms with Crippen LogP contribution < -0.4 is 0 Å². The van der Waals surface area contributed by atoms with Gasteiger partial charge in [-0.3, -0.25) is 23.5 Å². The molecule has 2 aromatic rings. The fraction of sp³-hybridized carbons (Fsp3) is 0.280. The number of fused-ring (bicyclic) bond motifs is 1. The SMILES string of the molecule is C=C(C)C(C(=O)OCCI)N1C(=O)C(N2C(=O)c3ccccc3C2=O)C1S(=O)OCc1ccc(Br)cc1. The molecular weight excluding hydrogens is 679 g/mol. The third kappa shape index (κ3) is 5.29. The molecule has 4 atom stereocenters. The van der Waals surface area contributed by atoms with Gasteiger partial charge in [0.25, 0.3) is 17.7 Å². The second-order valence-corrected chi connectivity index (χ2v) is 11.6. The van der Waals surface area contributed by atoms with Crippen molar-refractivity contribution >= 4 is 73.3 Å². The number of hydrogen-bond donors (Lipinski definition) is 0. The lowest BCUT2D eigenvalue weighted by atomic mass is 9.98. The summed E-state index contributed by atoms with van der Waals surface area (Å²) in [5, 5.41) is -1.31. The summed E-state index contributed by atoms with van der Waals surface area (Å²) in [4.78, 5) is 54.5. The normalized spacial score (nSPS) is 20.4. The predicted molar refractivity (Wildman–Crippen MR) is 147 cm³/mol. The molecule has 0 spiro atoms. The first-order chi connectivity index (χ1) is 17.7. The molecule has 1 fully saturated rings. The summed E-state index contributed by atoms with van der Waals surface area (Å²) >= 11 is 3.17. The van der Waals surface area contributed by atoms with Crippen LogP contribution in [0.25, 0.3) is 0 Å². The van der Waals surface area contributed by atoms with E-state index in [1.165, 1.54) is 12.1 Å². The summed E-state index contributed by atoms with van der Waals surface area (Å²) in [5.41, 5.74) is 1.29. The first-order valence-corrected chi connectivity index (χ1v) is 14.6. The van der Waals surface area contributed by atoms with Gasteiger partial charge in [0.05, 0.1) is 17.7 Å². The minimum atomic E-state index is -2.22. The summed E-state index contributed by atoms with van der Waals surface area (Å²) in [7, 11) is 0. The monoisotopic (exact) mass is 700 g/mol. The van der Waals surface area contributed by atoms with Crippen molar-refractivity contribution in [2.75, 3.05) is 11.0 Å². The van der Waals surface area contributed by atoms with Crippen molar-refractivity contribution in [1.29, 1.82) is 0 Å². The van der Waals surface area contributed by atoms with Gasteiger partial charge >= 0.3 is 5.97 Å². The summed E-state index contributed by atoms with van der Waals surface area (Å²) < 4.78 is 25.7. The average molecular weight is 701 g/mol. The lowest BCUT2D eigenvalue weighted by Gasteiger charge is -2.50. The molecule has 3 amide bonds. The third-order valence-electron chi connectivity index (χ3n) is 5.90. The molecule has 0 aliphatic carbocycles. The highest BCUT2D eigenvalue weighted by molar-refractivity contribution is 14.1. The number of β-lactam (4-membered cyclic amide) rings is 1. The van der Waals surface area contributed by atoms with E-state index in [0.29, 0.717) is 9.99 Å². The Labute approximate surface area is 238 Å². The summed E-state index contributed by atoms with van der Waals surface area (Å²) in [6, 6.07) is 10.7. The van der Waals surface area contributed by atoms with Crippen LogP contribution in [0.3, 0.4) is 0 Å². The van der Waals surface area contributed by atoms with Gasteiger partial charge in [0, 0.05) is 8.90 Å². The Morgan fingerprint density at radius 3 is 2.24 bits per heavy atom. The Balaban J connectivity index is 1.66. The molecule has 194 valence electrons. The van der Waals surface area contributed by atoms with Crippen molar-refractivity contribution in [2.45, 2.75) is 31.0 Å². The molecule has 9 nitrogen and oxygen atoms in total. The van der Waals surface area contributed by atoms with E-state index in [-0.39, 0.29) is 29.9 Å². The fourth-order valence-electron chi connectivity index (χ4n) is 4.19. The number of carbonyl (C=O) groups excluding carboxylic acids is 4. The van der Waals surface area contributed by atoms with E-state index in [2.05, 4.69) is 22.5 Å². The molecule has 0 bridgehead atoms. The Kier molecular flexibility index (Phi) is 8.61. The topological polar surface area (TPSA) is 110 Å². The molecule has 4 unspecified atom stereocenters. The number of benzene rings is 2. The van der Waals surface area contributed by atoms with Crippen LogP contribution in [-0.4, -0.2) is 66.2 Å². The van der Waals surface area contributed by atoms with Crippen molar-refractivity contribution in [3.05, 3.63) is 81.8 Å². The van der Waals surface area contributed by atoms with E-state index in [9.17, 15) is 23.4 Å². The zero-order chi connectivity index (χ0) is 26.9. The first-order valence-electron chi connectivity index (χ1n) is 11.1. The summed E-state index contributed by atoms with van der Waals surface area (Å²) in [6.07, 6.45) is 0. The van der Waals surface area contributed by atoms with E-state index in [1.54, 1.807) is 43.3 Å². The number of halogens is 2. The predicted octanol–water partition coefficient (Wildman–Crippen LogP) is 3.39. The van der Waals surface area contributed by atoms with Gasteiger partial charge in [-0.2, -0.15) is 0 Å². The van der Waals surface area contributed by atoms with E-state index < -0.39 is 52.2 Å². The number of carbonyl (C=O) groups is 4. The lowest BCUT2D eigenvalue weighted by Crippen LogP contribution is -2.76. The molecule has 2 aliphatic rings. The van der Waals surface area contributed by atoms with E-state index >= 15 is 0 Å². The maximum atomic E-state index is 13.5. The minimum Gasteiger partial charge on any atom is -0.463 e. The number of amides is 3. The van der Waals surface area contributed by atoms with Crippen molar-refractivity contribution < 1.29 is 32.3 Å². The van der Waals surface area contributed by atoms with Gasteiger partial charge in [0.1, 0.15) is 6.61 Å². The van der Waals surface area contributed by atoms with Crippen molar-refractivity contribution in [1.82, 2.24) is 9.80 Å². The van der Waals surface area contributed by atoms with Crippen molar-refractivity contribution in [2.24, 2.45) is 0 Å². The standard InChI is InChI=1S/C25H22BrIN2O7S/c1-14(2)19(25(33)35-12-11-27)29-23(32)20(28-21(30)17-5-3-4-6-18(17)22(28)31)24(29)37(34)36-13-15-7-9-16(26)10-8-15/h3-10,19-20,24H,1,11-13H2,2H3. The number of hydrogen-bond acceptors (Lipinski definition) is 7. The quantitative estimate of drug-likeness (QED) is 0.0934. The summed E-state index contributed by atoms with van der Waals surface area (Å²) in [5.74, 6) is -2.81. The second kappa shape index (κ2) is 11.5. The van der Waals surface area contributed by atoms with Gasteiger partial charge < -0.3 is 9.64 Å². The molecule has 0 saturated carbocycles. The van der Waals surface area contributed by atoms with Crippen LogP contribution >= 0.6 is 38.5 Å². The summed E-state index contributed by atoms with van der Waals surface area (Å²) in [6.45, 7) is 5.40. The minimum absolute atomic E-state index is 0.0652. The Morgan fingerprint density at radius 1 is 1.11 bits per heavy atom. The average Bonchev–Trinajstić information content (AvgIpc) is 3.12. The maximum Gasteiger partial charge on any atom is 0.333 e. The molecule has 2 heterocycles.